The van der Waals surface area contributed by atoms with Crippen molar-refractivity contribution in [2.24, 2.45) is 0 Å². The summed E-state index contributed by atoms with van der Waals surface area (Å²) in [7, 11) is 0. The topological polar surface area (TPSA) is 55.8 Å². The highest BCUT2D eigenvalue weighted by Crippen LogP contribution is 2.38. The Bertz CT molecular complexity index is 1450. The van der Waals surface area contributed by atoms with Gasteiger partial charge in [0.2, 0.25) is 11.6 Å². The van der Waals surface area contributed by atoms with Crippen LogP contribution in [0.4, 0.5) is 26.3 Å². The maximum atomic E-state index is 15.1. The van der Waals surface area contributed by atoms with Crippen molar-refractivity contribution in [2.45, 2.75) is 45.1 Å². The van der Waals surface area contributed by atoms with E-state index >= 15 is 4.39 Å². The highest BCUT2D eigenvalue weighted by atomic mass is 19.2. The first kappa shape index (κ1) is 28.2. The second-order valence-electron chi connectivity index (χ2n) is 9.05. The van der Waals surface area contributed by atoms with Gasteiger partial charge in [-0.25, -0.2) is 22.4 Å². The van der Waals surface area contributed by atoms with Gasteiger partial charge in [-0.3, -0.25) is 0 Å². The minimum Gasteiger partial charge on any atom is -0.491 e. The zero-order chi connectivity index (χ0) is 28.4. The van der Waals surface area contributed by atoms with E-state index in [1.165, 1.54) is 19.1 Å². The van der Waals surface area contributed by atoms with Crippen LogP contribution in [0.15, 0.2) is 48.0 Å². The fraction of sp³-hybridized carbons (Fsp3) is 0.276. The number of rotatable bonds is 7. The molecule has 2 unspecified atom stereocenters. The second kappa shape index (κ2) is 11.5. The predicted octanol–water partition coefficient (Wildman–Crippen LogP) is 7.44. The Morgan fingerprint density at radius 1 is 0.872 bits per heavy atom. The third-order valence-corrected chi connectivity index (χ3v) is 6.59. The molecule has 0 heterocycles. The molecule has 1 N–H and O–H groups in total. The normalized spacial score (nSPS) is 16.0. The third-order valence-electron chi connectivity index (χ3n) is 6.59. The summed E-state index contributed by atoms with van der Waals surface area (Å²) < 4.78 is 97.2. The Morgan fingerprint density at radius 3 is 2.10 bits per heavy atom. The molecule has 3 aromatic rings. The summed E-state index contributed by atoms with van der Waals surface area (Å²) in [5.74, 6) is -10.4. The standard InChI is InChI=1S/C29H24F6O4/c1-3-38-21-12-11-20(26(33)27(21)34)19-9-8-18(24(31)25(19)32)15-4-6-16(7-5-15)29(37)39-22-13-10-17(14(2)36)23(30)28(22)35/h6,8-15,36H,3-5,7H2,1-2H3. The highest BCUT2D eigenvalue weighted by molar-refractivity contribution is 5.90. The first-order valence-corrected chi connectivity index (χ1v) is 12.2. The summed E-state index contributed by atoms with van der Waals surface area (Å²) in [5.41, 5.74) is -1.06. The fourth-order valence-electron chi connectivity index (χ4n) is 4.51. The molecule has 2 atom stereocenters. The summed E-state index contributed by atoms with van der Waals surface area (Å²) in [4.78, 5) is 12.5. The Hall–Kier alpha value is -3.79. The fourth-order valence-corrected chi connectivity index (χ4v) is 4.51. The Kier molecular flexibility index (Phi) is 8.34. The number of hydrogen-bond acceptors (Lipinski definition) is 4. The molecule has 0 fully saturated rings. The van der Waals surface area contributed by atoms with Crippen LogP contribution in [-0.4, -0.2) is 17.7 Å². The molecule has 206 valence electrons. The second-order valence-corrected chi connectivity index (χ2v) is 9.05. The number of allylic oxidation sites excluding steroid dienone is 1. The summed E-state index contributed by atoms with van der Waals surface area (Å²) in [5, 5.41) is 9.48. The van der Waals surface area contributed by atoms with Crippen LogP contribution >= 0.6 is 0 Å². The van der Waals surface area contributed by atoms with Gasteiger partial charge in [-0.1, -0.05) is 18.2 Å². The van der Waals surface area contributed by atoms with Crippen molar-refractivity contribution in [2.75, 3.05) is 6.61 Å². The average Bonchev–Trinajstić information content (AvgIpc) is 2.91. The van der Waals surface area contributed by atoms with E-state index in [1.807, 2.05) is 0 Å². The van der Waals surface area contributed by atoms with E-state index in [4.69, 9.17) is 9.47 Å². The minimum absolute atomic E-state index is 0.00596. The maximum Gasteiger partial charge on any atom is 0.339 e. The van der Waals surface area contributed by atoms with Gasteiger partial charge in [0, 0.05) is 22.3 Å². The van der Waals surface area contributed by atoms with Gasteiger partial charge in [0.25, 0.3) is 0 Å². The van der Waals surface area contributed by atoms with Gasteiger partial charge in [0.1, 0.15) is 0 Å². The quantitative estimate of drug-likeness (QED) is 0.189. The summed E-state index contributed by atoms with van der Waals surface area (Å²) in [6.07, 6.45) is 0.593. The molecule has 0 spiro atoms. The molecule has 1 aliphatic rings. The number of halogens is 6. The van der Waals surface area contributed by atoms with Crippen molar-refractivity contribution >= 4 is 5.97 Å². The van der Waals surface area contributed by atoms with Crippen LogP contribution in [0.1, 0.15) is 56.3 Å². The van der Waals surface area contributed by atoms with E-state index in [2.05, 4.69) is 0 Å². The van der Waals surface area contributed by atoms with Gasteiger partial charge >= 0.3 is 5.97 Å². The third kappa shape index (κ3) is 5.52. The highest BCUT2D eigenvalue weighted by Gasteiger charge is 2.28. The van der Waals surface area contributed by atoms with Gasteiger partial charge in [0.15, 0.2) is 34.8 Å². The summed E-state index contributed by atoms with van der Waals surface area (Å²) in [6.45, 7) is 2.94. The number of esters is 1. The Morgan fingerprint density at radius 2 is 1.49 bits per heavy atom. The van der Waals surface area contributed by atoms with E-state index in [1.54, 1.807) is 6.92 Å². The molecule has 0 saturated carbocycles. The molecule has 0 aromatic heterocycles. The molecule has 0 radical (unpaired) electrons. The molecule has 0 saturated heterocycles. The number of aliphatic hydroxyl groups excluding tert-OH is 1. The lowest BCUT2D eigenvalue weighted by atomic mass is 9.83. The zero-order valence-electron chi connectivity index (χ0n) is 21.0. The minimum atomic E-state index is -1.42. The van der Waals surface area contributed by atoms with Crippen molar-refractivity contribution in [3.8, 4) is 22.6 Å². The van der Waals surface area contributed by atoms with Crippen molar-refractivity contribution < 1.29 is 45.7 Å². The molecule has 4 nitrogen and oxygen atoms in total. The van der Waals surface area contributed by atoms with Crippen LogP contribution in [0.2, 0.25) is 0 Å². The zero-order valence-corrected chi connectivity index (χ0v) is 21.0. The Balaban J connectivity index is 1.51. The molecule has 3 aromatic carbocycles. The molecular weight excluding hydrogens is 526 g/mol. The molecule has 10 heteroatoms. The summed E-state index contributed by atoms with van der Waals surface area (Å²) in [6, 6.07) is 6.82. The predicted molar refractivity (Wildman–Crippen MR) is 130 cm³/mol. The van der Waals surface area contributed by atoms with Crippen molar-refractivity contribution in [1.29, 1.82) is 0 Å². The van der Waals surface area contributed by atoms with Crippen molar-refractivity contribution in [3.63, 3.8) is 0 Å². The molecule has 1 aliphatic carbocycles. The first-order chi connectivity index (χ1) is 18.5. The van der Waals surface area contributed by atoms with Crippen molar-refractivity contribution in [3.05, 3.63) is 94.1 Å². The van der Waals surface area contributed by atoms with Crippen LogP contribution in [0.5, 0.6) is 11.5 Å². The van der Waals surface area contributed by atoms with Crippen LogP contribution in [0, 0.1) is 34.9 Å². The van der Waals surface area contributed by atoms with Gasteiger partial charge in [-0.05, 0) is 68.9 Å². The lowest BCUT2D eigenvalue weighted by molar-refractivity contribution is -0.130. The molecule has 0 aliphatic heterocycles. The first-order valence-electron chi connectivity index (χ1n) is 12.2. The number of benzene rings is 3. The molecule has 4 rings (SSSR count). The van der Waals surface area contributed by atoms with Crippen LogP contribution in [-0.2, 0) is 4.79 Å². The van der Waals surface area contributed by atoms with E-state index in [0.29, 0.717) is 0 Å². The Labute approximate surface area is 220 Å². The SMILES string of the molecule is CCOc1ccc(-c2ccc(C3CC=C(C(=O)Oc4ccc(C(C)O)c(F)c4F)CC3)c(F)c2F)c(F)c1F. The molecule has 0 bridgehead atoms. The lowest BCUT2D eigenvalue weighted by Gasteiger charge is -2.23. The van der Waals surface area contributed by atoms with Gasteiger partial charge in [-0.2, -0.15) is 8.78 Å². The number of aliphatic hydroxyl groups is 1. The van der Waals surface area contributed by atoms with Crippen LogP contribution in [0.3, 0.4) is 0 Å². The lowest BCUT2D eigenvalue weighted by Crippen LogP contribution is -2.17. The van der Waals surface area contributed by atoms with E-state index in [9.17, 15) is 31.9 Å². The average molecular weight is 550 g/mol. The molecule has 39 heavy (non-hydrogen) atoms. The van der Waals surface area contributed by atoms with Crippen LogP contribution in [0.25, 0.3) is 11.1 Å². The monoisotopic (exact) mass is 550 g/mol. The smallest absolute Gasteiger partial charge is 0.339 e. The van der Waals surface area contributed by atoms with Crippen LogP contribution < -0.4 is 9.47 Å². The number of ether oxygens (including phenoxy) is 2. The number of carbonyl (C=O) groups excluding carboxylic acids is 1. The molecular formula is C29H24F6O4. The molecule has 0 amide bonds. The van der Waals surface area contributed by atoms with Gasteiger partial charge in [0.05, 0.1) is 12.7 Å². The number of carbonyl (C=O) groups is 1. The summed E-state index contributed by atoms with van der Waals surface area (Å²) >= 11 is 0. The maximum absolute atomic E-state index is 15.1. The van der Waals surface area contributed by atoms with E-state index in [-0.39, 0.29) is 48.3 Å². The van der Waals surface area contributed by atoms with E-state index < -0.39 is 69.8 Å². The van der Waals surface area contributed by atoms with Gasteiger partial charge < -0.3 is 14.6 Å². The van der Waals surface area contributed by atoms with Crippen molar-refractivity contribution in [1.82, 2.24) is 0 Å². The largest absolute Gasteiger partial charge is 0.491 e. The van der Waals surface area contributed by atoms with Gasteiger partial charge in [-0.15, -0.1) is 0 Å². The van der Waals surface area contributed by atoms with E-state index in [0.717, 1.165) is 30.3 Å². The number of hydrogen-bond donors (Lipinski definition) is 1.